The fourth-order valence-corrected chi connectivity index (χ4v) is 2.12. The van der Waals surface area contributed by atoms with Gasteiger partial charge in [0, 0.05) is 11.5 Å². The Labute approximate surface area is 96.7 Å². The van der Waals surface area contributed by atoms with E-state index in [1.54, 1.807) is 24.3 Å². The van der Waals surface area contributed by atoms with E-state index in [2.05, 4.69) is 4.74 Å². The second-order valence-electron chi connectivity index (χ2n) is 3.18. The molecule has 0 aliphatic heterocycles. The fraction of sp³-hybridized carbons (Fsp3) is 0.364. The van der Waals surface area contributed by atoms with Gasteiger partial charge >= 0.3 is 5.97 Å². The first-order valence-electron chi connectivity index (χ1n) is 4.82. The zero-order valence-corrected chi connectivity index (χ0v) is 9.83. The molecular weight excluding hydrogens is 228 g/mol. The minimum atomic E-state index is -1.36. The lowest BCUT2D eigenvalue weighted by Crippen LogP contribution is -2.12. The molecule has 0 aliphatic carbocycles. The Hall–Kier alpha value is -1.20. The van der Waals surface area contributed by atoms with Crippen molar-refractivity contribution in [3.8, 4) is 0 Å². The number of ether oxygens (including phenoxy) is 1. The molecule has 5 heteroatoms. The summed E-state index contributed by atoms with van der Waals surface area (Å²) in [6.07, 6.45) is 0.573. The van der Waals surface area contributed by atoms with Crippen LogP contribution in [0.5, 0.6) is 0 Å². The van der Waals surface area contributed by atoms with Crippen LogP contribution in [-0.4, -0.2) is 34.8 Å². The third-order valence-corrected chi connectivity index (χ3v) is 3.36. The summed E-state index contributed by atoms with van der Waals surface area (Å²) in [5, 5.41) is 8.73. The molecule has 0 aromatic heterocycles. The first-order chi connectivity index (χ1) is 7.67. The number of hydrogen-bond acceptors (Lipinski definition) is 4. The van der Waals surface area contributed by atoms with Crippen LogP contribution in [0.2, 0.25) is 0 Å². The van der Waals surface area contributed by atoms with Crippen LogP contribution >= 0.6 is 0 Å². The third-order valence-electron chi connectivity index (χ3n) is 2.06. The van der Waals surface area contributed by atoms with Crippen LogP contribution < -0.4 is 0 Å². The van der Waals surface area contributed by atoms with Crippen LogP contribution in [0.1, 0.15) is 5.56 Å². The molecule has 4 nitrogen and oxygen atoms in total. The highest BCUT2D eigenvalue weighted by atomic mass is 32.2. The minimum Gasteiger partial charge on any atom is -0.468 e. The number of benzene rings is 1. The van der Waals surface area contributed by atoms with Crippen molar-refractivity contribution < 1.29 is 18.8 Å². The lowest BCUT2D eigenvalue weighted by molar-refractivity contribution is -0.137. The molecule has 88 valence electrons. The van der Waals surface area contributed by atoms with Gasteiger partial charge < -0.3 is 9.84 Å². The Balaban J connectivity index is 2.66. The third kappa shape index (κ3) is 3.75. The van der Waals surface area contributed by atoms with Gasteiger partial charge in [0.2, 0.25) is 0 Å². The molecule has 0 fully saturated rings. The SMILES string of the molecule is COC(=O)CS(=O)c1ccc(CCO)cc1. The first kappa shape index (κ1) is 12.9. The molecule has 0 radical (unpaired) electrons. The van der Waals surface area contributed by atoms with Crippen molar-refractivity contribution in [2.45, 2.75) is 11.3 Å². The Morgan fingerprint density at radius 2 is 2.00 bits per heavy atom. The molecule has 16 heavy (non-hydrogen) atoms. The molecule has 0 spiro atoms. The molecule has 1 unspecified atom stereocenters. The van der Waals surface area contributed by atoms with Gasteiger partial charge in [-0.2, -0.15) is 0 Å². The van der Waals surface area contributed by atoms with E-state index in [1.807, 2.05) is 0 Å². The Morgan fingerprint density at radius 1 is 1.38 bits per heavy atom. The van der Waals surface area contributed by atoms with Crippen molar-refractivity contribution in [3.05, 3.63) is 29.8 Å². The zero-order chi connectivity index (χ0) is 12.0. The van der Waals surface area contributed by atoms with E-state index >= 15 is 0 Å². The number of aliphatic hydroxyl groups excluding tert-OH is 1. The van der Waals surface area contributed by atoms with Gasteiger partial charge in [0.25, 0.3) is 0 Å². The zero-order valence-electron chi connectivity index (χ0n) is 9.01. The fourth-order valence-electron chi connectivity index (χ4n) is 1.19. The molecule has 1 N–H and O–H groups in total. The number of aliphatic hydroxyl groups is 1. The topological polar surface area (TPSA) is 63.6 Å². The normalized spacial score (nSPS) is 12.1. The lowest BCUT2D eigenvalue weighted by Gasteiger charge is -2.02. The first-order valence-corrected chi connectivity index (χ1v) is 6.14. The molecule has 1 aromatic rings. The Bertz CT molecular complexity index is 372. The van der Waals surface area contributed by atoms with E-state index < -0.39 is 16.8 Å². The number of hydrogen-bond donors (Lipinski definition) is 1. The highest BCUT2D eigenvalue weighted by Crippen LogP contribution is 2.09. The van der Waals surface area contributed by atoms with E-state index in [1.165, 1.54) is 7.11 Å². The van der Waals surface area contributed by atoms with Crippen LogP contribution in [0.3, 0.4) is 0 Å². The van der Waals surface area contributed by atoms with E-state index in [0.29, 0.717) is 11.3 Å². The predicted molar refractivity (Wildman–Crippen MR) is 60.5 cm³/mol. The number of carbonyl (C=O) groups excluding carboxylic acids is 1. The summed E-state index contributed by atoms with van der Waals surface area (Å²) >= 11 is 0. The highest BCUT2D eigenvalue weighted by molar-refractivity contribution is 7.85. The summed E-state index contributed by atoms with van der Waals surface area (Å²) in [4.78, 5) is 11.5. The second-order valence-corrected chi connectivity index (χ2v) is 4.63. The van der Waals surface area contributed by atoms with Gasteiger partial charge in [-0.3, -0.25) is 9.00 Å². The number of rotatable bonds is 5. The standard InChI is InChI=1S/C11H14O4S/c1-15-11(13)8-16(14)10-4-2-9(3-5-10)6-7-12/h2-5,12H,6-8H2,1H3. The number of esters is 1. The molecule has 1 atom stereocenters. The maximum Gasteiger partial charge on any atom is 0.318 e. The van der Waals surface area contributed by atoms with Crippen molar-refractivity contribution in [1.29, 1.82) is 0 Å². The maximum atomic E-state index is 11.6. The van der Waals surface area contributed by atoms with Gasteiger partial charge in [0.15, 0.2) is 0 Å². The quantitative estimate of drug-likeness (QED) is 0.764. The molecule has 0 bridgehead atoms. The van der Waals surface area contributed by atoms with Crippen molar-refractivity contribution >= 4 is 16.8 Å². The van der Waals surface area contributed by atoms with E-state index in [9.17, 15) is 9.00 Å². The summed E-state index contributed by atoms with van der Waals surface area (Å²) in [6, 6.07) is 6.98. The summed E-state index contributed by atoms with van der Waals surface area (Å²) < 4.78 is 16.1. The van der Waals surface area contributed by atoms with Crippen LogP contribution in [0.25, 0.3) is 0 Å². The summed E-state index contributed by atoms with van der Waals surface area (Å²) in [6.45, 7) is 0.0879. The van der Waals surface area contributed by atoms with E-state index in [4.69, 9.17) is 5.11 Å². The molecule has 1 aromatic carbocycles. The summed E-state index contributed by atoms with van der Waals surface area (Å²) in [7, 11) is -0.0949. The van der Waals surface area contributed by atoms with Crippen molar-refractivity contribution in [1.82, 2.24) is 0 Å². The number of carbonyl (C=O) groups is 1. The summed E-state index contributed by atoms with van der Waals surface area (Å²) in [5.41, 5.74) is 0.973. The lowest BCUT2D eigenvalue weighted by atomic mass is 10.2. The van der Waals surface area contributed by atoms with Gasteiger partial charge in [-0.1, -0.05) is 12.1 Å². The highest BCUT2D eigenvalue weighted by Gasteiger charge is 2.09. The molecular formula is C11H14O4S. The van der Waals surface area contributed by atoms with Gasteiger partial charge in [-0.15, -0.1) is 0 Å². The second kappa shape index (κ2) is 6.40. The van der Waals surface area contributed by atoms with Gasteiger partial charge in [0.05, 0.1) is 17.9 Å². The largest absolute Gasteiger partial charge is 0.468 e. The van der Waals surface area contributed by atoms with Gasteiger partial charge in [0.1, 0.15) is 5.75 Å². The predicted octanol–water partition coefficient (Wildman–Crippen LogP) is 0.502. The monoisotopic (exact) mass is 242 g/mol. The van der Waals surface area contributed by atoms with Crippen molar-refractivity contribution in [3.63, 3.8) is 0 Å². The molecule has 0 aliphatic rings. The van der Waals surface area contributed by atoms with Crippen LogP contribution in [-0.2, 0) is 26.8 Å². The molecule has 0 saturated heterocycles. The van der Waals surface area contributed by atoms with Crippen LogP contribution in [0, 0.1) is 0 Å². The summed E-state index contributed by atoms with van der Waals surface area (Å²) in [5.74, 6) is -0.617. The average molecular weight is 242 g/mol. The van der Waals surface area contributed by atoms with Crippen LogP contribution in [0.4, 0.5) is 0 Å². The van der Waals surface area contributed by atoms with Gasteiger partial charge in [-0.25, -0.2) is 0 Å². The van der Waals surface area contributed by atoms with E-state index in [0.717, 1.165) is 5.56 Å². The smallest absolute Gasteiger partial charge is 0.318 e. The Kier molecular flexibility index (Phi) is 5.14. The van der Waals surface area contributed by atoms with Crippen molar-refractivity contribution in [2.24, 2.45) is 0 Å². The maximum absolute atomic E-state index is 11.6. The molecule has 1 rings (SSSR count). The number of methoxy groups -OCH3 is 1. The Morgan fingerprint density at radius 3 is 2.50 bits per heavy atom. The van der Waals surface area contributed by atoms with Crippen LogP contribution in [0.15, 0.2) is 29.2 Å². The molecule has 0 heterocycles. The molecule has 0 saturated carbocycles. The van der Waals surface area contributed by atoms with E-state index in [-0.39, 0.29) is 12.4 Å². The van der Waals surface area contributed by atoms with Gasteiger partial charge in [-0.05, 0) is 24.1 Å². The molecule has 0 amide bonds. The minimum absolute atomic E-state index is 0.0879. The average Bonchev–Trinajstić information content (AvgIpc) is 2.30. The van der Waals surface area contributed by atoms with Crippen molar-refractivity contribution in [2.75, 3.05) is 19.5 Å².